The Morgan fingerprint density at radius 2 is 1.72 bits per heavy atom. The number of rotatable bonds is 4. The molecular formula is C26H28N6O4. The number of likely N-dealkylation sites (tertiary alicyclic amines) is 1. The SMILES string of the molecule is CC(C)(C)OC(=O)N1CCC(n2c(=O)n(-c3ccc(Oc4ccccc4)cc3)c3c(N)ncnc32)C1. The summed E-state index contributed by atoms with van der Waals surface area (Å²) in [5, 5.41) is 0. The predicted molar refractivity (Wildman–Crippen MR) is 136 cm³/mol. The lowest BCUT2D eigenvalue weighted by Crippen LogP contribution is -2.36. The molecule has 1 fully saturated rings. The van der Waals surface area contributed by atoms with Gasteiger partial charge in [-0.25, -0.2) is 19.6 Å². The molecule has 1 amide bonds. The summed E-state index contributed by atoms with van der Waals surface area (Å²) >= 11 is 0. The molecule has 1 saturated heterocycles. The van der Waals surface area contributed by atoms with Crippen molar-refractivity contribution in [2.24, 2.45) is 0 Å². The third-order valence-electron chi connectivity index (χ3n) is 5.93. The Morgan fingerprint density at radius 1 is 1.03 bits per heavy atom. The van der Waals surface area contributed by atoms with Crippen molar-refractivity contribution >= 4 is 23.1 Å². The molecule has 1 unspecified atom stereocenters. The minimum Gasteiger partial charge on any atom is -0.457 e. The number of nitrogen functional groups attached to an aromatic ring is 1. The van der Waals surface area contributed by atoms with Crippen molar-refractivity contribution in [3.8, 4) is 17.2 Å². The number of hydrogen-bond donors (Lipinski definition) is 1. The van der Waals surface area contributed by atoms with Gasteiger partial charge in [0.25, 0.3) is 0 Å². The molecular weight excluding hydrogens is 460 g/mol. The van der Waals surface area contributed by atoms with E-state index >= 15 is 0 Å². The summed E-state index contributed by atoms with van der Waals surface area (Å²) in [5.41, 5.74) is 6.78. The number of anilines is 1. The zero-order valence-corrected chi connectivity index (χ0v) is 20.4. The molecule has 10 heteroatoms. The van der Waals surface area contributed by atoms with E-state index in [4.69, 9.17) is 15.2 Å². The standard InChI is InChI=1S/C26H28N6O4/c1-26(2,3)36-25(34)30-14-13-18(15-30)32-23-21(22(27)28-16-29-23)31(24(32)33)17-9-11-20(12-10-17)35-19-7-5-4-6-8-19/h4-12,16,18H,13-15H2,1-3H3,(H2,27,28,29). The molecule has 2 N–H and O–H groups in total. The summed E-state index contributed by atoms with van der Waals surface area (Å²) in [6.45, 7) is 6.29. The first-order chi connectivity index (χ1) is 17.2. The third kappa shape index (κ3) is 4.49. The lowest BCUT2D eigenvalue weighted by molar-refractivity contribution is 0.0289. The van der Waals surface area contributed by atoms with Gasteiger partial charge in [-0.05, 0) is 63.6 Å². The molecule has 0 radical (unpaired) electrons. The molecule has 5 rings (SSSR count). The average molecular weight is 489 g/mol. The highest BCUT2D eigenvalue weighted by molar-refractivity contribution is 5.84. The quantitative estimate of drug-likeness (QED) is 0.459. The number of hydrogen-bond acceptors (Lipinski definition) is 7. The number of fused-ring (bicyclic) bond motifs is 1. The van der Waals surface area contributed by atoms with Crippen LogP contribution in [-0.4, -0.2) is 48.8 Å². The molecule has 3 heterocycles. The summed E-state index contributed by atoms with van der Waals surface area (Å²) in [7, 11) is 0. The van der Waals surface area contributed by atoms with Crippen LogP contribution >= 0.6 is 0 Å². The predicted octanol–water partition coefficient (Wildman–Crippen LogP) is 4.14. The second-order valence-electron chi connectivity index (χ2n) is 9.70. The first-order valence-electron chi connectivity index (χ1n) is 11.8. The van der Waals surface area contributed by atoms with Gasteiger partial charge in [-0.2, -0.15) is 0 Å². The number of carbonyl (C=O) groups is 1. The largest absolute Gasteiger partial charge is 0.457 e. The maximum atomic E-state index is 13.7. The number of imidazole rings is 1. The zero-order chi connectivity index (χ0) is 25.4. The summed E-state index contributed by atoms with van der Waals surface area (Å²) in [6.07, 6.45) is 1.53. The number of aromatic nitrogens is 4. The Hall–Kier alpha value is -4.34. The van der Waals surface area contributed by atoms with Crippen LogP contribution in [0.4, 0.5) is 10.6 Å². The molecule has 0 aliphatic carbocycles. The van der Waals surface area contributed by atoms with Gasteiger partial charge in [-0.1, -0.05) is 18.2 Å². The number of carbonyl (C=O) groups excluding carboxylic acids is 1. The molecule has 1 atom stereocenters. The van der Waals surface area contributed by atoms with E-state index in [1.807, 2.05) is 51.1 Å². The van der Waals surface area contributed by atoms with Crippen LogP contribution in [-0.2, 0) is 4.74 Å². The van der Waals surface area contributed by atoms with E-state index in [1.54, 1.807) is 33.7 Å². The average Bonchev–Trinajstić information content (AvgIpc) is 3.42. The molecule has 1 aliphatic rings. The summed E-state index contributed by atoms with van der Waals surface area (Å²) in [4.78, 5) is 36.5. The van der Waals surface area contributed by atoms with Gasteiger partial charge in [0.05, 0.1) is 11.7 Å². The van der Waals surface area contributed by atoms with Gasteiger partial charge in [0.1, 0.15) is 28.9 Å². The molecule has 2 aromatic heterocycles. The van der Waals surface area contributed by atoms with Crippen molar-refractivity contribution < 1.29 is 14.3 Å². The first kappa shape index (κ1) is 23.4. The molecule has 10 nitrogen and oxygen atoms in total. The molecule has 0 bridgehead atoms. The van der Waals surface area contributed by atoms with Crippen LogP contribution in [0.25, 0.3) is 16.9 Å². The van der Waals surface area contributed by atoms with Crippen molar-refractivity contribution in [2.45, 2.75) is 38.8 Å². The fourth-order valence-electron chi connectivity index (χ4n) is 4.37. The van der Waals surface area contributed by atoms with Crippen LogP contribution < -0.4 is 16.2 Å². The minimum atomic E-state index is -0.597. The number of nitrogens with zero attached hydrogens (tertiary/aromatic N) is 5. The van der Waals surface area contributed by atoms with E-state index in [2.05, 4.69) is 9.97 Å². The molecule has 186 valence electrons. The van der Waals surface area contributed by atoms with Crippen LogP contribution in [0.15, 0.2) is 65.7 Å². The Bertz CT molecular complexity index is 1450. The van der Waals surface area contributed by atoms with Gasteiger partial charge < -0.3 is 20.1 Å². The lowest BCUT2D eigenvalue weighted by atomic mass is 10.2. The summed E-state index contributed by atoms with van der Waals surface area (Å²) in [5.74, 6) is 1.55. The Kier molecular flexibility index (Phi) is 5.87. The number of benzene rings is 2. The van der Waals surface area contributed by atoms with Crippen molar-refractivity contribution in [1.29, 1.82) is 0 Å². The van der Waals surface area contributed by atoms with Crippen LogP contribution in [0.1, 0.15) is 33.2 Å². The molecule has 1 aliphatic heterocycles. The van der Waals surface area contributed by atoms with Gasteiger partial charge in [-0.15, -0.1) is 0 Å². The summed E-state index contributed by atoms with van der Waals surface area (Å²) < 4.78 is 14.5. The zero-order valence-electron chi connectivity index (χ0n) is 20.4. The fourth-order valence-corrected chi connectivity index (χ4v) is 4.37. The number of amides is 1. The van der Waals surface area contributed by atoms with Crippen molar-refractivity contribution in [3.05, 3.63) is 71.4 Å². The Labute approximate surface area is 207 Å². The monoisotopic (exact) mass is 488 g/mol. The fraction of sp³-hybridized carbons (Fsp3) is 0.308. The van der Waals surface area contributed by atoms with E-state index in [-0.39, 0.29) is 17.5 Å². The maximum absolute atomic E-state index is 13.7. The number of para-hydroxylation sites is 1. The van der Waals surface area contributed by atoms with Crippen molar-refractivity contribution in [3.63, 3.8) is 0 Å². The highest BCUT2D eigenvalue weighted by atomic mass is 16.6. The molecule has 0 spiro atoms. The van der Waals surface area contributed by atoms with Crippen molar-refractivity contribution in [2.75, 3.05) is 18.8 Å². The first-order valence-corrected chi connectivity index (χ1v) is 11.8. The topological polar surface area (TPSA) is 118 Å². The van der Waals surface area contributed by atoms with Gasteiger partial charge in [0.2, 0.25) is 0 Å². The highest BCUT2D eigenvalue weighted by Gasteiger charge is 2.34. The van der Waals surface area contributed by atoms with E-state index in [0.29, 0.717) is 47.9 Å². The van der Waals surface area contributed by atoms with Crippen molar-refractivity contribution in [1.82, 2.24) is 24.0 Å². The van der Waals surface area contributed by atoms with Crippen LogP contribution in [0, 0.1) is 0 Å². The number of nitrogens with two attached hydrogens (primary N) is 1. The van der Waals surface area contributed by atoms with Crippen LogP contribution in [0.3, 0.4) is 0 Å². The molecule has 36 heavy (non-hydrogen) atoms. The highest BCUT2D eigenvalue weighted by Crippen LogP contribution is 2.29. The lowest BCUT2D eigenvalue weighted by Gasteiger charge is -2.24. The van der Waals surface area contributed by atoms with Crippen LogP contribution in [0.2, 0.25) is 0 Å². The third-order valence-corrected chi connectivity index (χ3v) is 5.93. The van der Waals surface area contributed by atoms with E-state index in [0.717, 1.165) is 0 Å². The van der Waals surface area contributed by atoms with Gasteiger partial charge in [0, 0.05) is 13.1 Å². The maximum Gasteiger partial charge on any atom is 0.410 e. The smallest absolute Gasteiger partial charge is 0.410 e. The Balaban J connectivity index is 1.49. The normalized spacial score (nSPS) is 15.9. The molecule has 4 aromatic rings. The van der Waals surface area contributed by atoms with Crippen LogP contribution in [0.5, 0.6) is 11.5 Å². The van der Waals surface area contributed by atoms with E-state index in [1.165, 1.54) is 10.9 Å². The van der Waals surface area contributed by atoms with Gasteiger partial charge in [-0.3, -0.25) is 9.13 Å². The van der Waals surface area contributed by atoms with E-state index < -0.39 is 11.7 Å². The number of ether oxygens (including phenoxy) is 2. The summed E-state index contributed by atoms with van der Waals surface area (Å²) in [6, 6.07) is 16.3. The second kappa shape index (κ2) is 9.03. The molecule has 2 aromatic carbocycles. The second-order valence-corrected chi connectivity index (χ2v) is 9.70. The van der Waals surface area contributed by atoms with Gasteiger partial charge in [0.15, 0.2) is 11.5 Å². The van der Waals surface area contributed by atoms with E-state index in [9.17, 15) is 9.59 Å². The Morgan fingerprint density at radius 3 is 2.42 bits per heavy atom. The van der Waals surface area contributed by atoms with Gasteiger partial charge >= 0.3 is 11.8 Å². The minimum absolute atomic E-state index is 0.197. The molecule has 0 saturated carbocycles.